The van der Waals surface area contributed by atoms with Crippen LogP contribution in [-0.2, 0) is 4.79 Å². The van der Waals surface area contributed by atoms with Gasteiger partial charge in [-0.25, -0.2) is 0 Å². The van der Waals surface area contributed by atoms with Gasteiger partial charge in [0.2, 0.25) is 5.91 Å². The molecule has 3 nitrogen and oxygen atoms in total. The van der Waals surface area contributed by atoms with E-state index in [0.717, 1.165) is 18.9 Å². The summed E-state index contributed by atoms with van der Waals surface area (Å²) in [5.74, 6) is 1.10. The molecular weight excluding hydrogens is 164 g/mol. The predicted molar refractivity (Wildman–Crippen MR) is 51.1 cm³/mol. The summed E-state index contributed by atoms with van der Waals surface area (Å²) in [4.78, 5) is 13.8. The van der Waals surface area contributed by atoms with Gasteiger partial charge < -0.3 is 4.90 Å². The highest BCUT2D eigenvalue weighted by Crippen LogP contribution is 2.31. The van der Waals surface area contributed by atoms with Crippen molar-refractivity contribution in [3.05, 3.63) is 0 Å². The molecule has 1 aliphatic heterocycles. The molecule has 2 rings (SSSR count). The Morgan fingerprint density at radius 1 is 1.54 bits per heavy atom. The minimum Gasteiger partial charge on any atom is -0.326 e. The van der Waals surface area contributed by atoms with Crippen molar-refractivity contribution < 1.29 is 4.79 Å². The smallest absolute Gasteiger partial charge is 0.241 e. The van der Waals surface area contributed by atoms with E-state index in [1.54, 1.807) is 0 Å². The van der Waals surface area contributed by atoms with Crippen molar-refractivity contribution in [1.82, 2.24) is 10.2 Å². The second kappa shape index (κ2) is 3.29. The maximum absolute atomic E-state index is 11.8. The van der Waals surface area contributed by atoms with Crippen molar-refractivity contribution in [3.8, 4) is 0 Å². The van der Waals surface area contributed by atoms with Crippen LogP contribution in [0, 0.1) is 5.92 Å². The van der Waals surface area contributed by atoms with E-state index in [4.69, 9.17) is 0 Å². The van der Waals surface area contributed by atoms with E-state index in [1.807, 2.05) is 4.90 Å². The van der Waals surface area contributed by atoms with Gasteiger partial charge in [-0.15, -0.1) is 0 Å². The number of hydrogen-bond acceptors (Lipinski definition) is 2. The Bertz CT molecular complexity index is 213. The van der Waals surface area contributed by atoms with Crippen molar-refractivity contribution in [2.45, 2.75) is 45.3 Å². The molecule has 1 aliphatic carbocycles. The normalized spacial score (nSPS) is 34.3. The molecule has 0 aromatic carbocycles. The average molecular weight is 182 g/mol. The van der Waals surface area contributed by atoms with Crippen LogP contribution in [0.1, 0.15) is 33.1 Å². The monoisotopic (exact) mass is 182 g/mol. The average Bonchev–Trinajstić information content (AvgIpc) is 2.87. The number of rotatable bonds is 3. The highest BCUT2D eigenvalue weighted by atomic mass is 16.2. The zero-order valence-electron chi connectivity index (χ0n) is 8.42. The van der Waals surface area contributed by atoms with Crippen LogP contribution in [0.25, 0.3) is 0 Å². The zero-order chi connectivity index (χ0) is 9.42. The quantitative estimate of drug-likeness (QED) is 0.705. The van der Waals surface area contributed by atoms with Crippen molar-refractivity contribution >= 4 is 5.91 Å². The van der Waals surface area contributed by atoms with Crippen LogP contribution in [0.5, 0.6) is 0 Å². The summed E-state index contributed by atoms with van der Waals surface area (Å²) in [7, 11) is 0. The lowest BCUT2D eigenvalue weighted by molar-refractivity contribution is -0.130. The third kappa shape index (κ3) is 1.70. The molecule has 1 saturated carbocycles. The van der Waals surface area contributed by atoms with E-state index in [9.17, 15) is 4.79 Å². The molecule has 1 heterocycles. The van der Waals surface area contributed by atoms with E-state index >= 15 is 0 Å². The van der Waals surface area contributed by atoms with Crippen molar-refractivity contribution in [2.24, 2.45) is 5.92 Å². The van der Waals surface area contributed by atoms with Crippen molar-refractivity contribution in [3.63, 3.8) is 0 Å². The number of carbonyl (C=O) groups excluding carboxylic acids is 1. The standard InChI is InChI=1S/C10H18N2O/c1-3-9-10(13)12(7(2)11-9)6-8-4-5-8/h7-9,11H,3-6H2,1-2H3. The topological polar surface area (TPSA) is 32.3 Å². The Morgan fingerprint density at radius 2 is 2.23 bits per heavy atom. The van der Waals surface area contributed by atoms with Gasteiger partial charge in [-0.2, -0.15) is 0 Å². The summed E-state index contributed by atoms with van der Waals surface area (Å²) in [6.07, 6.45) is 3.78. The fourth-order valence-corrected chi connectivity index (χ4v) is 1.96. The van der Waals surface area contributed by atoms with Crippen LogP contribution < -0.4 is 5.32 Å². The Labute approximate surface area is 79.5 Å². The molecule has 0 bridgehead atoms. The predicted octanol–water partition coefficient (Wildman–Crippen LogP) is 0.953. The summed E-state index contributed by atoms with van der Waals surface area (Å²) in [6.45, 7) is 5.11. The molecule has 74 valence electrons. The Morgan fingerprint density at radius 3 is 2.69 bits per heavy atom. The van der Waals surface area contributed by atoms with Gasteiger partial charge in [0.15, 0.2) is 0 Å². The largest absolute Gasteiger partial charge is 0.326 e. The summed E-state index contributed by atoms with van der Waals surface area (Å²) < 4.78 is 0. The SMILES string of the molecule is CCC1NC(C)N(CC2CC2)C1=O. The molecule has 2 atom stereocenters. The maximum Gasteiger partial charge on any atom is 0.241 e. The van der Waals surface area contributed by atoms with Crippen LogP contribution >= 0.6 is 0 Å². The molecular formula is C10H18N2O. The minimum absolute atomic E-state index is 0.0775. The summed E-state index contributed by atoms with van der Waals surface area (Å²) in [6, 6.07) is 0.0775. The fourth-order valence-electron chi connectivity index (χ4n) is 1.96. The molecule has 13 heavy (non-hydrogen) atoms. The lowest BCUT2D eigenvalue weighted by atomic mass is 10.2. The number of carbonyl (C=O) groups is 1. The van der Waals surface area contributed by atoms with Gasteiger partial charge in [0.1, 0.15) is 0 Å². The summed E-state index contributed by atoms with van der Waals surface area (Å²) in [5.41, 5.74) is 0. The zero-order valence-corrected chi connectivity index (χ0v) is 8.42. The van der Waals surface area contributed by atoms with Gasteiger partial charge in [-0.1, -0.05) is 6.92 Å². The Kier molecular flexibility index (Phi) is 2.28. The first-order chi connectivity index (χ1) is 6.22. The van der Waals surface area contributed by atoms with E-state index in [0.29, 0.717) is 5.91 Å². The number of amides is 1. The van der Waals surface area contributed by atoms with Gasteiger partial charge in [0, 0.05) is 6.54 Å². The number of nitrogens with zero attached hydrogens (tertiary/aromatic N) is 1. The molecule has 1 amide bonds. The van der Waals surface area contributed by atoms with Gasteiger partial charge in [-0.3, -0.25) is 10.1 Å². The molecule has 2 unspecified atom stereocenters. The maximum atomic E-state index is 11.8. The van der Waals surface area contributed by atoms with Crippen molar-refractivity contribution in [2.75, 3.05) is 6.54 Å². The molecule has 1 N–H and O–H groups in total. The van der Waals surface area contributed by atoms with E-state index in [-0.39, 0.29) is 12.2 Å². The first kappa shape index (κ1) is 9.00. The van der Waals surface area contributed by atoms with E-state index in [2.05, 4.69) is 19.2 Å². The third-order valence-electron chi connectivity index (χ3n) is 3.05. The molecule has 3 heteroatoms. The van der Waals surface area contributed by atoms with Gasteiger partial charge in [0.05, 0.1) is 12.2 Å². The molecule has 0 spiro atoms. The van der Waals surface area contributed by atoms with Gasteiger partial charge in [-0.05, 0) is 32.1 Å². The lowest BCUT2D eigenvalue weighted by Crippen LogP contribution is -2.36. The van der Waals surface area contributed by atoms with Crippen LogP contribution in [-0.4, -0.2) is 29.6 Å². The van der Waals surface area contributed by atoms with Crippen LogP contribution in [0.3, 0.4) is 0 Å². The highest BCUT2D eigenvalue weighted by Gasteiger charge is 2.38. The van der Waals surface area contributed by atoms with Crippen LogP contribution in [0.2, 0.25) is 0 Å². The molecule has 2 aliphatic rings. The lowest BCUT2D eigenvalue weighted by Gasteiger charge is -2.20. The Hall–Kier alpha value is -0.570. The molecule has 1 saturated heterocycles. The van der Waals surface area contributed by atoms with Crippen LogP contribution in [0.15, 0.2) is 0 Å². The molecule has 0 radical (unpaired) electrons. The van der Waals surface area contributed by atoms with Gasteiger partial charge >= 0.3 is 0 Å². The van der Waals surface area contributed by atoms with Crippen LogP contribution in [0.4, 0.5) is 0 Å². The van der Waals surface area contributed by atoms with E-state index in [1.165, 1.54) is 12.8 Å². The van der Waals surface area contributed by atoms with Gasteiger partial charge in [0.25, 0.3) is 0 Å². The first-order valence-corrected chi connectivity index (χ1v) is 5.29. The second-order valence-corrected chi connectivity index (χ2v) is 4.24. The highest BCUT2D eigenvalue weighted by molar-refractivity contribution is 5.84. The summed E-state index contributed by atoms with van der Waals surface area (Å²) >= 11 is 0. The molecule has 0 aromatic heterocycles. The molecule has 0 aromatic rings. The minimum atomic E-state index is 0.0775. The first-order valence-electron chi connectivity index (χ1n) is 5.29. The summed E-state index contributed by atoms with van der Waals surface area (Å²) in [5, 5.41) is 3.31. The third-order valence-corrected chi connectivity index (χ3v) is 3.05. The van der Waals surface area contributed by atoms with E-state index < -0.39 is 0 Å². The number of hydrogen-bond donors (Lipinski definition) is 1. The second-order valence-electron chi connectivity index (χ2n) is 4.24. The molecule has 2 fully saturated rings. The van der Waals surface area contributed by atoms with Crippen molar-refractivity contribution in [1.29, 1.82) is 0 Å². The number of nitrogens with one attached hydrogen (secondary N) is 1. The fraction of sp³-hybridized carbons (Fsp3) is 0.900. The Balaban J connectivity index is 1.96.